The highest BCUT2D eigenvalue weighted by Crippen LogP contribution is 2.29. The van der Waals surface area contributed by atoms with Crippen LogP contribution < -0.4 is 21.7 Å². The van der Waals surface area contributed by atoms with Crippen molar-refractivity contribution in [1.82, 2.24) is 10.6 Å². The molecule has 4 unspecified atom stereocenters. The molecular formula is C18H26N4O6. The molecule has 0 aliphatic heterocycles. The van der Waals surface area contributed by atoms with Crippen molar-refractivity contribution in [3.8, 4) is 0 Å². The maximum Gasteiger partial charge on any atom is 0.319 e. The molecule has 0 spiro atoms. The van der Waals surface area contributed by atoms with E-state index >= 15 is 0 Å². The molecule has 2 rings (SSSR count). The number of benzene rings is 1. The van der Waals surface area contributed by atoms with Gasteiger partial charge in [-0.3, -0.25) is 9.59 Å². The maximum absolute atomic E-state index is 12.3. The van der Waals surface area contributed by atoms with E-state index in [0.717, 1.165) is 5.56 Å². The van der Waals surface area contributed by atoms with E-state index in [1.54, 1.807) is 12.1 Å². The van der Waals surface area contributed by atoms with Gasteiger partial charge in [0.1, 0.15) is 11.7 Å². The number of amides is 4. The topological polar surface area (TPSA) is 174 Å². The summed E-state index contributed by atoms with van der Waals surface area (Å²) >= 11 is 0. The standard InChI is InChI=1S/C18H26N4O6/c1-10-2-4-11(5-3-10)21-17(27)22-12-8-18(28,9-13(23)15(12)25)16(26)20-7-6-14(19)24/h2-5,12-13,15,23,25,28H,6-9H2,1H3,(H2,19,24)(H,20,26)(H2,21,22,27). The van der Waals surface area contributed by atoms with Crippen molar-refractivity contribution in [1.29, 1.82) is 0 Å². The molecule has 0 bridgehead atoms. The Kier molecular flexibility index (Phi) is 6.95. The molecule has 1 fully saturated rings. The van der Waals surface area contributed by atoms with Crippen LogP contribution in [0.15, 0.2) is 24.3 Å². The van der Waals surface area contributed by atoms with Crippen molar-refractivity contribution in [3.63, 3.8) is 0 Å². The third-order valence-corrected chi connectivity index (χ3v) is 4.62. The lowest BCUT2D eigenvalue weighted by Crippen LogP contribution is -2.63. The molecule has 8 N–H and O–H groups in total. The monoisotopic (exact) mass is 394 g/mol. The number of carbonyl (C=O) groups is 3. The van der Waals surface area contributed by atoms with Crippen molar-refractivity contribution in [2.75, 3.05) is 11.9 Å². The van der Waals surface area contributed by atoms with Crippen molar-refractivity contribution >= 4 is 23.5 Å². The Bertz CT molecular complexity index is 725. The van der Waals surface area contributed by atoms with Crippen LogP contribution in [0.5, 0.6) is 0 Å². The van der Waals surface area contributed by atoms with Gasteiger partial charge in [-0.15, -0.1) is 0 Å². The van der Waals surface area contributed by atoms with Crippen LogP contribution in [-0.4, -0.2) is 63.6 Å². The first-order chi connectivity index (χ1) is 13.1. The van der Waals surface area contributed by atoms with Gasteiger partial charge in [-0.2, -0.15) is 0 Å². The van der Waals surface area contributed by atoms with Crippen molar-refractivity contribution in [2.45, 2.75) is 50.0 Å². The second kappa shape index (κ2) is 9.00. The minimum Gasteiger partial charge on any atom is -0.390 e. The summed E-state index contributed by atoms with van der Waals surface area (Å²) in [4.78, 5) is 35.2. The van der Waals surface area contributed by atoms with Gasteiger partial charge in [0.25, 0.3) is 5.91 Å². The number of aliphatic hydroxyl groups excluding tert-OH is 2. The summed E-state index contributed by atoms with van der Waals surface area (Å²) in [5.41, 5.74) is 4.52. The minimum absolute atomic E-state index is 0.0683. The number of aryl methyl sites for hydroxylation is 1. The third kappa shape index (κ3) is 5.65. The van der Waals surface area contributed by atoms with Crippen molar-refractivity contribution < 1.29 is 29.7 Å². The normalized spacial score (nSPS) is 26.9. The highest BCUT2D eigenvalue weighted by atomic mass is 16.3. The number of primary amides is 1. The van der Waals surface area contributed by atoms with Gasteiger partial charge in [0, 0.05) is 31.5 Å². The van der Waals surface area contributed by atoms with Crippen LogP contribution in [0.3, 0.4) is 0 Å². The largest absolute Gasteiger partial charge is 0.390 e. The van der Waals surface area contributed by atoms with Gasteiger partial charge in [0.15, 0.2) is 0 Å². The minimum atomic E-state index is -2.02. The molecular weight excluding hydrogens is 368 g/mol. The summed E-state index contributed by atoms with van der Waals surface area (Å²) in [6.07, 6.45) is -3.61. The first-order valence-corrected chi connectivity index (χ1v) is 8.90. The Balaban J connectivity index is 2.00. The molecule has 1 saturated carbocycles. The molecule has 1 aromatic carbocycles. The van der Waals surface area contributed by atoms with E-state index in [9.17, 15) is 29.7 Å². The second-order valence-electron chi connectivity index (χ2n) is 7.04. The number of aliphatic hydroxyl groups is 3. The number of rotatable bonds is 6. The predicted molar refractivity (Wildman–Crippen MR) is 100 cm³/mol. The molecule has 4 amide bonds. The summed E-state index contributed by atoms with van der Waals surface area (Å²) < 4.78 is 0. The van der Waals surface area contributed by atoms with E-state index in [-0.39, 0.29) is 19.4 Å². The summed E-state index contributed by atoms with van der Waals surface area (Å²) in [5, 5.41) is 38.2. The van der Waals surface area contributed by atoms with Crippen LogP contribution in [0.2, 0.25) is 0 Å². The number of hydrogen-bond donors (Lipinski definition) is 7. The summed E-state index contributed by atoms with van der Waals surface area (Å²) in [6, 6.07) is 5.29. The Labute approximate surface area is 162 Å². The Hall–Kier alpha value is -2.69. The third-order valence-electron chi connectivity index (χ3n) is 4.62. The van der Waals surface area contributed by atoms with E-state index in [1.165, 1.54) is 0 Å². The molecule has 10 heteroatoms. The van der Waals surface area contributed by atoms with Crippen LogP contribution >= 0.6 is 0 Å². The molecule has 1 aliphatic rings. The molecule has 0 saturated heterocycles. The molecule has 1 aliphatic carbocycles. The van der Waals surface area contributed by atoms with Crippen molar-refractivity contribution in [2.24, 2.45) is 5.73 Å². The zero-order valence-corrected chi connectivity index (χ0v) is 15.5. The highest BCUT2D eigenvalue weighted by Gasteiger charge is 2.49. The van der Waals surface area contributed by atoms with Gasteiger partial charge in [0.2, 0.25) is 5.91 Å². The molecule has 0 aromatic heterocycles. The first-order valence-electron chi connectivity index (χ1n) is 8.90. The molecule has 4 atom stereocenters. The van der Waals surface area contributed by atoms with Crippen LogP contribution in [0, 0.1) is 6.92 Å². The van der Waals surface area contributed by atoms with Gasteiger partial charge < -0.3 is 37.0 Å². The van der Waals surface area contributed by atoms with E-state index in [4.69, 9.17) is 5.73 Å². The smallest absolute Gasteiger partial charge is 0.319 e. The Morgan fingerprint density at radius 2 is 1.82 bits per heavy atom. The van der Waals surface area contributed by atoms with Crippen molar-refractivity contribution in [3.05, 3.63) is 29.8 Å². The van der Waals surface area contributed by atoms with Gasteiger partial charge in [0.05, 0.1) is 12.1 Å². The van der Waals surface area contributed by atoms with E-state index in [1.807, 2.05) is 19.1 Å². The van der Waals surface area contributed by atoms with Gasteiger partial charge in [-0.25, -0.2) is 4.79 Å². The lowest BCUT2D eigenvalue weighted by Gasteiger charge is -2.41. The SMILES string of the molecule is Cc1ccc(NC(=O)NC2CC(O)(C(=O)NCCC(N)=O)CC(O)C2O)cc1. The fourth-order valence-corrected chi connectivity index (χ4v) is 3.06. The Morgan fingerprint density at radius 3 is 2.43 bits per heavy atom. The quantitative estimate of drug-likeness (QED) is 0.316. The molecule has 0 heterocycles. The fraction of sp³-hybridized carbons (Fsp3) is 0.500. The number of carbonyl (C=O) groups excluding carboxylic acids is 3. The molecule has 10 nitrogen and oxygen atoms in total. The number of nitrogens with two attached hydrogens (primary N) is 1. The van der Waals surface area contributed by atoms with E-state index in [0.29, 0.717) is 5.69 Å². The zero-order valence-electron chi connectivity index (χ0n) is 15.5. The first kappa shape index (κ1) is 21.6. The molecule has 1 aromatic rings. The summed E-state index contributed by atoms with van der Waals surface area (Å²) in [6.45, 7) is 1.83. The van der Waals surface area contributed by atoms with Crippen LogP contribution in [0.4, 0.5) is 10.5 Å². The van der Waals surface area contributed by atoms with Crippen LogP contribution in [0.1, 0.15) is 24.8 Å². The fourth-order valence-electron chi connectivity index (χ4n) is 3.06. The lowest BCUT2D eigenvalue weighted by molar-refractivity contribution is -0.157. The van der Waals surface area contributed by atoms with Gasteiger partial charge in [-0.1, -0.05) is 17.7 Å². The zero-order chi connectivity index (χ0) is 20.9. The second-order valence-corrected chi connectivity index (χ2v) is 7.04. The van der Waals surface area contributed by atoms with Gasteiger partial charge in [-0.05, 0) is 19.1 Å². The maximum atomic E-state index is 12.3. The van der Waals surface area contributed by atoms with Crippen LogP contribution in [0.25, 0.3) is 0 Å². The molecule has 154 valence electrons. The Morgan fingerprint density at radius 1 is 1.18 bits per heavy atom. The highest BCUT2D eigenvalue weighted by molar-refractivity contribution is 5.90. The van der Waals surface area contributed by atoms with Crippen LogP contribution in [-0.2, 0) is 9.59 Å². The number of urea groups is 1. The summed E-state index contributed by atoms with van der Waals surface area (Å²) in [5.74, 6) is -1.43. The molecule has 0 radical (unpaired) electrons. The number of anilines is 1. The lowest BCUT2D eigenvalue weighted by atomic mass is 9.77. The van der Waals surface area contributed by atoms with E-state index in [2.05, 4.69) is 16.0 Å². The van der Waals surface area contributed by atoms with Gasteiger partial charge >= 0.3 is 6.03 Å². The number of nitrogens with one attached hydrogen (secondary N) is 3. The molecule has 28 heavy (non-hydrogen) atoms. The average molecular weight is 394 g/mol. The predicted octanol–water partition coefficient (Wildman–Crippen LogP) is -1.28. The number of hydrogen-bond acceptors (Lipinski definition) is 6. The summed E-state index contributed by atoms with van der Waals surface area (Å²) in [7, 11) is 0. The van der Waals surface area contributed by atoms with E-state index < -0.39 is 48.1 Å². The average Bonchev–Trinajstić information content (AvgIpc) is 2.61.